The molecule has 0 fully saturated rings. The predicted octanol–water partition coefficient (Wildman–Crippen LogP) is 2.10. The zero-order valence-electron chi connectivity index (χ0n) is 13.5. The summed E-state index contributed by atoms with van der Waals surface area (Å²) in [5, 5.41) is 10.5. The van der Waals surface area contributed by atoms with Crippen molar-refractivity contribution in [2.24, 2.45) is 0 Å². The first-order valence-corrected chi connectivity index (χ1v) is 8.91. The summed E-state index contributed by atoms with van der Waals surface area (Å²) in [4.78, 5) is 11.9. The minimum atomic E-state index is -3.49. The highest BCUT2D eigenvalue weighted by Crippen LogP contribution is 2.24. The van der Waals surface area contributed by atoms with Crippen molar-refractivity contribution in [2.45, 2.75) is 44.4 Å². The van der Waals surface area contributed by atoms with Crippen LogP contribution in [0.1, 0.15) is 44.9 Å². The Hall–Kier alpha value is -1.87. The summed E-state index contributed by atoms with van der Waals surface area (Å²) in [5.41, 5.74) is 1.74. The molecule has 0 saturated carbocycles. The highest BCUT2D eigenvalue weighted by Gasteiger charge is 2.26. The van der Waals surface area contributed by atoms with Gasteiger partial charge in [-0.2, -0.15) is 5.26 Å². The van der Waals surface area contributed by atoms with E-state index in [1.807, 2.05) is 18.2 Å². The maximum absolute atomic E-state index is 11.9. The number of nitrogens with zero attached hydrogens (tertiary/aromatic N) is 1. The van der Waals surface area contributed by atoms with Gasteiger partial charge in [0.25, 0.3) is 0 Å². The summed E-state index contributed by atoms with van der Waals surface area (Å²) in [5.74, 6) is -0.672. The van der Waals surface area contributed by atoms with E-state index >= 15 is 0 Å². The molecular formula is C16H22N2O3S. The van der Waals surface area contributed by atoms with Crippen LogP contribution in [0.4, 0.5) is 0 Å². The van der Waals surface area contributed by atoms with Crippen LogP contribution in [-0.2, 0) is 20.0 Å². The van der Waals surface area contributed by atoms with Crippen LogP contribution in [0, 0.1) is 11.3 Å². The van der Waals surface area contributed by atoms with Crippen LogP contribution in [0.3, 0.4) is 0 Å². The lowest BCUT2D eigenvalue weighted by Gasteiger charge is -2.20. The molecule has 22 heavy (non-hydrogen) atoms. The van der Waals surface area contributed by atoms with Crippen LogP contribution in [0.15, 0.2) is 24.3 Å². The van der Waals surface area contributed by atoms with E-state index in [9.17, 15) is 18.5 Å². The molecule has 6 heteroatoms. The van der Waals surface area contributed by atoms with Crippen LogP contribution >= 0.6 is 0 Å². The normalized spacial score (nSPS) is 14.7. The number of sulfone groups is 1. The third-order valence-corrected chi connectivity index (χ3v) is 5.04. The van der Waals surface area contributed by atoms with E-state index in [4.69, 9.17) is 0 Å². The number of nitrogens with one attached hydrogen (secondary N) is 1. The smallest absolute Gasteiger partial charge is 0.239 e. The molecule has 1 aromatic rings. The van der Waals surface area contributed by atoms with Gasteiger partial charge in [-0.15, -0.1) is 0 Å². The summed E-state index contributed by atoms with van der Waals surface area (Å²) < 4.78 is 22.8. The molecule has 1 aromatic carbocycles. The lowest BCUT2D eigenvalue weighted by molar-refractivity contribution is -0.120. The molecule has 0 aromatic heterocycles. The first-order valence-electron chi connectivity index (χ1n) is 6.96. The molecule has 0 aliphatic carbocycles. The SMILES string of the molecule is C[C@H](C(=O)N[C@H](C#N)c1ccc(C(C)(C)C)cc1)S(C)(=O)=O. The molecule has 2 atom stereocenters. The number of amides is 1. The molecule has 0 spiro atoms. The number of benzene rings is 1. The fraction of sp³-hybridized carbons (Fsp3) is 0.500. The Morgan fingerprint density at radius 2 is 1.73 bits per heavy atom. The molecule has 5 nitrogen and oxygen atoms in total. The average Bonchev–Trinajstić information content (AvgIpc) is 2.41. The second-order valence-corrected chi connectivity index (χ2v) is 8.78. The Morgan fingerprint density at radius 1 is 1.23 bits per heavy atom. The Bertz CT molecular complexity index is 680. The van der Waals surface area contributed by atoms with Crippen molar-refractivity contribution in [3.05, 3.63) is 35.4 Å². The van der Waals surface area contributed by atoms with Crippen molar-refractivity contribution in [1.29, 1.82) is 5.26 Å². The molecule has 1 rings (SSSR count). The first-order chi connectivity index (χ1) is 9.96. The maximum atomic E-state index is 11.9. The van der Waals surface area contributed by atoms with Crippen LogP contribution in [0.25, 0.3) is 0 Å². The average molecular weight is 322 g/mol. The van der Waals surface area contributed by atoms with E-state index in [0.717, 1.165) is 11.8 Å². The third-order valence-electron chi connectivity index (χ3n) is 3.54. The minimum Gasteiger partial charge on any atom is -0.336 e. The summed E-state index contributed by atoms with van der Waals surface area (Å²) in [6.45, 7) is 7.56. The van der Waals surface area contributed by atoms with Crippen molar-refractivity contribution in [3.8, 4) is 6.07 Å². The van der Waals surface area contributed by atoms with Gasteiger partial charge in [0.15, 0.2) is 9.84 Å². The second kappa shape index (κ2) is 6.49. The Labute approximate surface area is 132 Å². The number of carbonyl (C=O) groups is 1. The maximum Gasteiger partial charge on any atom is 0.239 e. The number of hydrogen-bond donors (Lipinski definition) is 1. The van der Waals surface area contributed by atoms with E-state index < -0.39 is 27.0 Å². The number of hydrogen-bond acceptors (Lipinski definition) is 4. The van der Waals surface area contributed by atoms with E-state index in [-0.39, 0.29) is 5.41 Å². The molecule has 0 unspecified atom stereocenters. The summed E-state index contributed by atoms with van der Waals surface area (Å²) in [7, 11) is -3.49. The van der Waals surface area contributed by atoms with Crippen LogP contribution < -0.4 is 5.32 Å². The van der Waals surface area contributed by atoms with E-state index in [1.165, 1.54) is 6.92 Å². The van der Waals surface area contributed by atoms with Gasteiger partial charge >= 0.3 is 0 Å². The van der Waals surface area contributed by atoms with Crippen LogP contribution in [0.2, 0.25) is 0 Å². The predicted molar refractivity (Wildman–Crippen MR) is 85.9 cm³/mol. The number of nitriles is 1. The first kappa shape index (κ1) is 18.2. The zero-order valence-corrected chi connectivity index (χ0v) is 14.4. The Balaban J connectivity index is 2.94. The van der Waals surface area contributed by atoms with Crippen LogP contribution in [0.5, 0.6) is 0 Å². The molecule has 0 radical (unpaired) electrons. The highest BCUT2D eigenvalue weighted by atomic mass is 32.2. The van der Waals surface area contributed by atoms with Gasteiger partial charge in [-0.25, -0.2) is 8.42 Å². The lowest BCUT2D eigenvalue weighted by atomic mass is 9.86. The molecule has 120 valence electrons. The van der Waals surface area contributed by atoms with Gasteiger partial charge in [0.1, 0.15) is 11.3 Å². The monoisotopic (exact) mass is 322 g/mol. The van der Waals surface area contributed by atoms with Crippen molar-refractivity contribution in [1.82, 2.24) is 5.32 Å². The van der Waals surface area contributed by atoms with Gasteiger partial charge in [-0.3, -0.25) is 4.79 Å². The topological polar surface area (TPSA) is 87.0 Å². The van der Waals surface area contributed by atoms with Crippen molar-refractivity contribution in [2.75, 3.05) is 6.26 Å². The Kier molecular flexibility index (Phi) is 5.36. The molecule has 0 saturated heterocycles. The molecule has 1 N–H and O–H groups in total. The highest BCUT2D eigenvalue weighted by molar-refractivity contribution is 7.92. The number of rotatable bonds is 4. The van der Waals surface area contributed by atoms with Crippen molar-refractivity contribution >= 4 is 15.7 Å². The minimum absolute atomic E-state index is 0.00524. The van der Waals surface area contributed by atoms with Gasteiger partial charge in [0.2, 0.25) is 5.91 Å². The molecule has 1 amide bonds. The van der Waals surface area contributed by atoms with Crippen LogP contribution in [-0.4, -0.2) is 25.8 Å². The molecular weight excluding hydrogens is 300 g/mol. The Morgan fingerprint density at radius 3 is 2.09 bits per heavy atom. The van der Waals surface area contributed by atoms with E-state index in [0.29, 0.717) is 5.56 Å². The van der Waals surface area contributed by atoms with Gasteiger partial charge in [0.05, 0.1) is 6.07 Å². The van der Waals surface area contributed by atoms with Gasteiger partial charge < -0.3 is 5.32 Å². The van der Waals surface area contributed by atoms with E-state index in [1.54, 1.807) is 12.1 Å². The van der Waals surface area contributed by atoms with E-state index in [2.05, 4.69) is 26.1 Å². The third kappa shape index (κ3) is 4.57. The molecule has 0 aliphatic rings. The largest absolute Gasteiger partial charge is 0.336 e. The molecule has 0 aliphatic heterocycles. The van der Waals surface area contributed by atoms with Gasteiger partial charge in [0, 0.05) is 6.26 Å². The second-order valence-electron chi connectivity index (χ2n) is 6.41. The fourth-order valence-corrected chi connectivity index (χ4v) is 2.28. The molecule has 0 bridgehead atoms. The van der Waals surface area contributed by atoms with Crippen molar-refractivity contribution in [3.63, 3.8) is 0 Å². The fourth-order valence-electron chi connectivity index (χ4n) is 1.82. The summed E-state index contributed by atoms with van der Waals surface area (Å²) >= 11 is 0. The van der Waals surface area contributed by atoms with Crippen molar-refractivity contribution < 1.29 is 13.2 Å². The molecule has 0 heterocycles. The standard InChI is InChI=1S/C16H22N2O3S/c1-11(22(5,20)21)15(19)18-14(10-17)12-6-8-13(9-7-12)16(2,3)4/h6-9,11,14H,1-5H3,(H,18,19)/t11-,14-/m1/s1. The quantitative estimate of drug-likeness (QED) is 0.919. The summed E-state index contributed by atoms with van der Waals surface area (Å²) in [6, 6.07) is 8.49. The number of carbonyl (C=O) groups excluding carboxylic acids is 1. The lowest BCUT2D eigenvalue weighted by Crippen LogP contribution is -2.39. The summed E-state index contributed by atoms with van der Waals surface area (Å²) in [6.07, 6.45) is 0.997. The van der Waals surface area contributed by atoms with Gasteiger partial charge in [-0.1, -0.05) is 45.0 Å². The zero-order chi connectivity index (χ0) is 17.1. The van der Waals surface area contributed by atoms with Gasteiger partial charge in [-0.05, 0) is 23.5 Å².